The van der Waals surface area contributed by atoms with Crippen molar-refractivity contribution in [3.8, 4) is 0 Å². The topological polar surface area (TPSA) is 71.8 Å². The van der Waals surface area contributed by atoms with Crippen molar-refractivity contribution in [1.29, 1.82) is 0 Å². The lowest BCUT2D eigenvalue weighted by Gasteiger charge is -2.11. The summed E-state index contributed by atoms with van der Waals surface area (Å²) in [7, 11) is 0. The van der Waals surface area contributed by atoms with E-state index in [9.17, 15) is 4.79 Å². The first-order chi connectivity index (χ1) is 14.0. The minimum absolute atomic E-state index is 0.324. The predicted octanol–water partition coefficient (Wildman–Crippen LogP) is 5.39. The van der Waals surface area contributed by atoms with Gasteiger partial charge in [0.05, 0.1) is 17.9 Å². The van der Waals surface area contributed by atoms with Gasteiger partial charge in [-0.15, -0.1) is 0 Å². The van der Waals surface area contributed by atoms with Crippen LogP contribution in [0.2, 0.25) is 5.02 Å². The summed E-state index contributed by atoms with van der Waals surface area (Å²) < 4.78 is 2.04. The molecule has 2 aromatic carbocycles. The number of nitrogens with zero attached hydrogens (tertiary/aromatic N) is 3. The second-order valence-electron chi connectivity index (χ2n) is 6.78. The Morgan fingerprint density at radius 2 is 1.79 bits per heavy atom. The zero-order valence-corrected chi connectivity index (χ0v) is 16.9. The number of nitrogens with one attached hydrogen (secondary N) is 2. The van der Waals surface area contributed by atoms with E-state index in [0.717, 1.165) is 28.2 Å². The van der Waals surface area contributed by atoms with E-state index in [-0.39, 0.29) is 6.03 Å². The van der Waals surface area contributed by atoms with E-state index in [1.54, 1.807) is 0 Å². The summed E-state index contributed by atoms with van der Waals surface area (Å²) in [6.07, 6.45) is 0. The van der Waals surface area contributed by atoms with Crippen LogP contribution in [0.4, 0.5) is 16.2 Å². The number of amides is 2. The molecule has 0 bridgehead atoms. The Morgan fingerprint density at radius 1 is 1.00 bits per heavy atom. The molecular weight excluding hydrogens is 386 g/mol. The molecule has 146 valence electrons. The molecule has 2 heterocycles. The molecule has 0 aliphatic rings. The van der Waals surface area contributed by atoms with Gasteiger partial charge in [-0.1, -0.05) is 41.9 Å². The lowest BCUT2D eigenvalue weighted by atomic mass is 10.2. The summed E-state index contributed by atoms with van der Waals surface area (Å²) in [5.74, 6) is 0.845. The van der Waals surface area contributed by atoms with Gasteiger partial charge in [0.25, 0.3) is 0 Å². The van der Waals surface area contributed by atoms with Gasteiger partial charge in [-0.2, -0.15) is 0 Å². The number of aromatic nitrogens is 3. The van der Waals surface area contributed by atoms with E-state index in [1.807, 2.05) is 79.1 Å². The fourth-order valence-corrected chi connectivity index (χ4v) is 3.40. The van der Waals surface area contributed by atoms with Crippen LogP contribution in [0, 0.1) is 13.8 Å². The summed E-state index contributed by atoms with van der Waals surface area (Å²) in [4.78, 5) is 21.6. The average Bonchev–Trinajstić information content (AvgIpc) is 2.97. The van der Waals surface area contributed by atoms with Crippen molar-refractivity contribution in [3.63, 3.8) is 0 Å². The van der Waals surface area contributed by atoms with Crippen LogP contribution in [0.15, 0.2) is 60.7 Å². The third-order valence-electron chi connectivity index (χ3n) is 4.61. The molecule has 6 nitrogen and oxygen atoms in total. The van der Waals surface area contributed by atoms with Gasteiger partial charge in [-0.3, -0.25) is 0 Å². The Hall–Kier alpha value is -3.38. The molecule has 7 heteroatoms. The van der Waals surface area contributed by atoms with Gasteiger partial charge in [0.1, 0.15) is 11.3 Å². The largest absolute Gasteiger partial charge is 0.323 e. The number of hydrogen-bond donors (Lipinski definition) is 2. The predicted molar refractivity (Wildman–Crippen MR) is 117 cm³/mol. The smallest absolute Gasteiger partial charge is 0.308 e. The number of pyridine rings is 1. The number of aryl methyl sites for hydroxylation is 2. The number of carbonyl (C=O) groups is 1. The fraction of sp³-hybridized carbons (Fsp3) is 0.136. The number of fused-ring (bicyclic) bond motifs is 1. The zero-order valence-electron chi connectivity index (χ0n) is 16.1. The Morgan fingerprint density at radius 3 is 2.55 bits per heavy atom. The third kappa shape index (κ3) is 4.22. The number of hydrogen-bond acceptors (Lipinski definition) is 3. The highest BCUT2D eigenvalue weighted by atomic mass is 35.5. The molecule has 0 saturated heterocycles. The Balaban J connectivity index is 1.60. The van der Waals surface area contributed by atoms with Crippen LogP contribution in [0.3, 0.4) is 0 Å². The molecule has 0 fully saturated rings. The van der Waals surface area contributed by atoms with Crippen LogP contribution in [0.25, 0.3) is 11.2 Å². The lowest BCUT2D eigenvalue weighted by molar-refractivity contribution is 0.262. The number of anilines is 2. The maximum Gasteiger partial charge on any atom is 0.323 e. The second kappa shape index (κ2) is 7.93. The molecular formula is C22H20ClN5O. The number of halogens is 1. The highest BCUT2D eigenvalue weighted by Gasteiger charge is 2.14. The first-order valence-electron chi connectivity index (χ1n) is 9.21. The molecule has 4 aromatic rings. The maximum atomic E-state index is 12.3. The van der Waals surface area contributed by atoms with Crippen LogP contribution in [-0.2, 0) is 6.54 Å². The summed E-state index contributed by atoms with van der Waals surface area (Å²) in [5, 5.41) is 6.36. The Bertz CT molecular complexity index is 1190. The minimum Gasteiger partial charge on any atom is -0.308 e. The van der Waals surface area contributed by atoms with Crippen molar-refractivity contribution in [3.05, 3.63) is 82.8 Å². The standard InChI is InChI=1S/C22H20ClN5O/c1-14-19(27-22(29)26-18-9-4-3-5-10-18)12-20-21(24-14)28(15(2)25-20)13-16-7-6-8-17(23)11-16/h3-12H,13H2,1-2H3,(H2,26,27,29). The fourth-order valence-electron chi connectivity index (χ4n) is 3.19. The normalized spacial score (nSPS) is 10.9. The molecule has 0 radical (unpaired) electrons. The van der Waals surface area contributed by atoms with Crippen LogP contribution in [-0.4, -0.2) is 20.6 Å². The minimum atomic E-state index is -0.324. The van der Waals surface area contributed by atoms with Crippen molar-refractivity contribution >= 4 is 40.2 Å². The number of para-hydroxylation sites is 1. The molecule has 2 aromatic heterocycles. The van der Waals surface area contributed by atoms with E-state index in [1.165, 1.54) is 0 Å². The highest BCUT2D eigenvalue weighted by molar-refractivity contribution is 6.30. The maximum absolute atomic E-state index is 12.3. The molecule has 4 rings (SSSR count). The van der Waals surface area contributed by atoms with E-state index in [2.05, 4.69) is 15.6 Å². The third-order valence-corrected chi connectivity index (χ3v) is 4.85. The summed E-state index contributed by atoms with van der Waals surface area (Å²) in [6, 6.07) is 18.5. The van der Waals surface area contributed by atoms with E-state index in [4.69, 9.17) is 16.6 Å². The van der Waals surface area contributed by atoms with Crippen molar-refractivity contribution < 1.29 is 4.79 Å². The zero-order chi connectivity index (χ0) is 20.4. The van der Waals surface area contributed by atoms with Crippen molar-refractivity contribution in [2.75, 3.05) is 10.6 Å². The molecule has 0 aliphatic carbocycles. The van der Waals surface area contributed by atoms with E-state index < -0.39 is 0 Å². The van der Waals surface area contributed by atoms with Crippen LogP contribution >= 0.6 is 11.6 Å². The first-order valence-corrected chi connectivity index (χ1v) is 9.59. The highest BCUT2D eigenvalue weighted by Crippen LogP contribution is 2.23. The number of carbonyl (C=O) groups excluding carboxylic acids is 1. The molecule has 2 N–H and O–H groups in total. The monoisotopic (exact) mass is 405 g/mol. The molecule has 0 aliphatic heterocycles. The van der Waals surface area contributed by atoms with Gasteiger partial charge < -0.3 is 15.2 Å². The van der Waals surface area contributed by atoms with E-state index >= 15 is 0 Å². The quantitative estimate of drug-likeness (QED) is 0.478. The molecule has 0 spiro atoms. The number of urea groups is 1. The van der Waals surface area contributed by atoms with Gasteiger partial charge in [0.15, 0.2) is 5.65 Å². The van der Waals surface area contributed by atoms with Gasteiger partial charge in [0.2, 0.25) is 0 Å². The van der Waals surface area contributed by atoms with Crippen LogP contribution in [0.5, 0.6) is 0 Å². The van der Waals surface area contributed by atoms with Crippen molar-refractivity contribution in [2.24, 2.45) is 0 Å². The van der Waals surface area contributed by atoms with Gasteiger partial charge in [-0.25, -0.2) is 14.8 Å². The van der Waals surface area contributed by atoms with Crippen molar-refractivity contribution in [1.82, 2.24) is 14.5 Å². The van der Waals surface area contributed by atoms with Gasteiger partial charge in [-0.05, 0) is 49.7 Å². The van der Waals surface area contributed by atoms with Crippen LogP contribution < -0.4 is 10.6 Å². The summed E-state index contributed by atoms with van der Waals surface area (Å²) in [5.41, 5.74) is 4.63. The van der Waals surface area contributed by atoms with E-state index in [0.29, 0.717) is 22.9 Å². The van der Waals surface area contributed by atoms with Crippen molar-refractivity contribution in [2.45, 2.75) is 20.4 Å². The first kappa shape index (κ1) is 19.0. The number of rotatable bonds is 4. The molecule has 2 amide bonds. The molecule has 0 unspecified atom stereocenters. The SMILES string of the molecule is Cc1nc2c(cc1NC(=O)Nc1ccccc1)nc(C)n2Cc1cccc(Cl)c1. The number of imidazole rings is 1. The Kier molecular flexibility index (Phi) is 5.18. The van der Waals surface area contributed by atoms with Gasteiger partial charge in [0, 0.05) is 10.7 Å². The Labute approximate surface area is 173 Å². The molecule has 0 atom stereocenters. The van der Waals surface area contributed by atoms with Gasteiger partial charge >= 0.3 is 6.03 Å². The van der Waals surface area contributed by atoms with Crippen LogP contribution in [0.1, 0.15) is 17.1 Å². The summed E-state index contributed by atoms with van der Waals surface area (Å²) in [6.45, 7) is 4.43. The number of benzene rings is 2. The molecule has 0 saturated carbocycles. The lowest BCUT2D eigenvalue weighted by Crippen LogP contribution is -2.20. The summed E-state index contributed by atoms with van der Waals surface area (Å²) >= 11 is 6.11. The second-order valence-corrected chi connectivity index (χ2v) is 7.22. The molecule has 29 heavy (non-hydrogen) atoms. The average molecular weight is 406 g/mol.